The number of ether oxygens (including phenoxy) is 1. The predicted octanol–water partition coefficient (Wildman–Crippen LogP) is 6.07. The van der Waals surface area contributed by atoms with Crippen LogP contribution in [-0.2, 0) is 0 Å². The molecule has 0 aromatic heterocycles. The second-order valence-electron chi connectivity index (χ2n) is 8.07. The number of anilines is 2. The highest BCUT2D eigenvalue weighted by Gasteiger charge is 2.07. The molecule has 0 aliphatic carbocycles. The van der Waals surface area contributed by atoms with Crippen molar-refractivity contribution in [2.75, 3.05) is 38.6 Å². The maximum atomic E-state index is 12.6. The Morgan fingerprint density at radius 3 is 2.26 bits per heavy atom. The summed E-state index contributed by atoms with van der Waals surface area (Å²) < 4.78 is 5.21. The lowest BCUT2D eigenvalue weighted by Crippen LogP contribution is -2.29. The minimum Gasteiger partial charge on any atom is -0.497 e. The molecule has 34 heavy (non-hydrogen) atoms. The van der Waals surface area contributed by atoms with Gasteiger partial charge in [0.2, 0.25) is 0 Å². The molecule has 3 aromatic carbocycles. The third-order valence-electron chi connectivity index (χ3n) is 5.72. The largest absolute Gasteiger partial charge is 0.497 e. The molecule has 0 spiro atoms. The Bertz CT molecular complexity index is 1070. The highest BCUT2D eigenvalue weighted by atomic mass is 16.5. The SMILES string of the molecule is CCN(CC)CCCNC(=O)c1cccc(Nc2cccc(C=Cc3ccc(OC)cc3)c2)c1. The minimum atomic E-state index is -0.0422. The molecule has 0 aliphatic rings. The van der Waals surface area contributed by atoms with E-state index in [-0.39, 0.29) is 5.91 Å². The van der Waals surface area contributed by atoms with Crippen LogP contribution in [0.15, 0.2) is 72.8 Å². The molecule has 1 amide bonds. The summed E-state index contributed by atoms with van der Waals surface area (Å²) in [4.78, 5) is 14.9. The Labute approximate surface area is 203 Å². The number of rotatable bonds is 12. The summed E-state index contributed by atoms with van der Waals surface area (Å²) >= 11 is 0. The predicted molar refractivity (Wildman–Crippen MR) is 143 cm³/mol. The molecule has 2 N–H and O–H groups in total. The summed E-state index contributed by atoms with van der Waals surface area (Å²) in [6.45, 7) is 8.07. The zero-order valence-electron chi connectivity index (χ0n) is 20.4. The van der Waals surface area contributed by atoms with Gasteiger partial charge >= 0.3 is 0 Å². The summed E-state index contributed by atoms with van der Waals surface area (Å²) in [5, 5.41) is 6.44. The first-order valence-electron chi connectivity index (χ1n) is 11.9. The molecular formula is C29H35N3O2. The number of carbonyl (C=O) groups is 1. The van der Waals surface area contributed by atoms with Gasteiger partial charge in [0.1, 0.15) is 5.75 Å². The van der Waals surface area contributed by atoms with Crippen LogP contribution in [0.25, 0.3) is 12.2 Å². The van der Waals surface area contributed by atoms with Crippen molar-refractivity contribution < 1.29 is 9.53 Å². The summed E-state index contributed by atoms with van der Waals surface area (Å²) in [5.74, 6) is 0.804. The van der Waals surface area contributed by atoms with Crippen LogP contribution in [0.3, 0.4) is 0 Å². The van der Waals surface area contributed by atoms with Gasteiger partial charge in [0.15, 0.2) is 0 Å². The van der Waals surface area contributed by atoms with Gasteiger partial charge in [-0.3, -0.25) is 4.79 Å². The van der Waals surface area contributed by atoms with E-state index in [1.807, 2.05) is 60.7 Å². The van der Waals surface area contributed by atoms with E-state index in [1.54, 1.807) is 7.11 Å². The van der Waals surface area contributed by atoms with E-state index < -0.39 is 0 Å². The number of hydrogen-bond acceptors (Lipinski definition) is 4. The van der Waals surface area contributed by atoms with Crippen LogP contribution in [0.4, 0.5) is 11.4 Å². The van der Waals surface area contributed by atoms with Gasteiger partial charge in [0.25, 0.3) is 5.91 Å². The van der Waals surface area contributed by atoms with Crippen molar-refractivity contribution in [3.8, 4) is 5.75 Å². The molecule has 0 saturated carbocycles. The molecule has 3 aromatic rings. The van der Waals surface area contributed by atoms with E-state index in [2.05, 4.69) is 53.7 Å². The highest BCUT2D eigenvalue weighted by Crippen LogP contribution is 2.20. The van der Waals surface area contributed by atoms with Gasteiger partial charge in [0, 0.05) is 23.5 Å². The fraction of sp³-hybridized carbons (Fsp3) is 0.276. The first-order valence-corrected chi connectivity index (χ1v) is 11.9. The Morgan fingerprint density at radius 2 is 1.56 bits per heavy atom. The number of carbonyl (C=O) groups excluding carboxylic acids is 1. The standard InChI is InChI=1S/C29H35N3O2/c1-4-32(5-2)20-8-19-30-29(33)25-10-7-12-27(22-25)31-26-11-6-9-24(21-26)14-13-23-15-17-28(34-3)18-16-23/h6-7,9-18,21-22,31H,4-5,8,19-20H2,1-3H3,(H,30,33). The normalized spacial score (nSPS) is 11.1. The lowest BCUT2D eigenvalue weighted by atomic mass is 10.1. The third-order valence-corrected chi connectivity index (χ3v) is 5.72. The summed E-state index contributed by atoms with van der Waals surface area (Å²) in [6.07, 6.45) is 5.10. The van der Waals surface area contributed by atoms with E-state index >= 15 is 0 Å². The van der Waals surface area contributed by atoms with Gasteiger partial charge in [0.05, 0.1) is 7.11 Å². The number of benzene rings is 3. The molecule has 0 aliphatic heterocycles. The van der Waals surface area contributed by atoms with Crippen molar-refractivity contribution in [2.45, 2.75) is 20.3 Å². The number of methoxy groups -OCH3 is 1. The molecule has 0 bridgehead atoms. The van der Waals surface area contributed by atoms with Crippen LogP contribution < -0.4 is 15.4 Å². The Balaban J connectivity index is 1.57. The maximum Gasteiger partial charge on any atom is 0.251 e. The fourth-order valence-electron chi connectivity index (χ4n) is 3.68. The summed E-state index contributed by atoms with van der Waals surface area (Å²) in [7, 11) is 1.67. The second-order valence-corrected chi connectivity index (χ2v) is 8.07. The quantitative estimate of drug-likeness (QED) is 0.256. The molecule has 5 nitrogen and oxygen atoms in total. The van der Waals surface area contributed by atoms with Crippen LogP contribution in [0, 0.1) is 0 Å². The topological polar surface area (TPSA) is 53.6 Å². The van der Waals surface area contributed by atoms with Crippen molar-refractivity contribution in [3.63, 3.8) is 0 Å². The smallest absolute Gasteiger partial charge is 0.251 e. The Kier molecular flexibility index (Phi) is 9.74. The molecule has 0 radical (unpaired) electrons. The van der Waals surface area contributed by atoms with Gasteiger partial charge in [-0.05, 0) is 79.6 Å². The zero-order chi connectivity index (χ0) is 24.2. The van der Waals surface area contributed by atoms with Gasteiger partial charge in [-0.2, -0.15) is 0 Å². The summed E-state index contributed by atoms with van der Waals surface area (Å²) in [6, 6.07) is 23.7. The molecular weight excluding hydrogens is 422 g/mol. The minimum absolute atomic E-state index is 0.0422. The number of amides is 1. The molecule has 0 unspecified atom stereocenters. The lowest BCUT2D eigenvalue weighted by molar-refractivity contribution is 0.0952. The number of nitrogens with one attached hydrogen (secondary N) is 2. The molecule has 3 rings (SSSR count). The molecule has 0 atom stereocenters. The molecule has 178 valence electrons. The van der Waals surface area contributed by atoms with Crippen molar-refractivity contribution in [1.29, 1.82) is 0 Å². The average Bonchev–Trinajstić information content (AvgIpc) is 2.88. The lowest BCUT2D eigenvalue weighted by Gasteiger charge is -2.17. The van der Waals surface area contributed by atoms with Crippen LogP contribution in [0.5, 0.6) is 5.75 Å². The monoisotopic (exact) mass is 457 g/mol. The van der Waals surface area contributed by atoms with Gasteiger partial charge in [-0.15, -0.1) is 0 Å². The number of hydrogen-bond donors (Lipinski definition) is 2. The molecule has 0 heterocycles. The van der Waals surface area contributed by atoms with Gasteiger partial charge in [-0.1, -0.05) is 56.3 Å². The third kappa shape index (κ3) is 7.78. The zero-order valence-corrected chi connectivity index (χ0v) is 20.4. The number of nitrogens with zero attached hydrogens (tertiary/aromatic N) is 1. The Morgan fingerprint density at radius 1 is 0.882 bits per heavy atom. The van der Waals surface area contributed by atoms with E-state index in [0.29, 0.717) is 12.1 Å². The molecule has 5 heteroatoms. The van der Waals surface area contributed by atoms with Gasteiger partial charge in [-0.25, -0.2) is 0 Å². The average molecular weight is 458 g/mol. The van der Waals surface area contributed by atoms with Crippen LogP contribution in [0.1, 0.15) is 41.8 Å². The van der Waals surface area contributed by atoms with Crippen molar-refractivity contribution in [2.24, 2.45) is 0 Å². The van der Waals surface area contributed by atoms with E-state index in [4.69, 9.17) is 4.74 Å². The maximum absolute atomic E-state index is 12.6. The highest BCUT2D eigenvalue weighted by molar-refractivity contribution is 5.95. The van der Waals surface area contributed by atoms with Crippen molar-refractivity contribution in [1.82, 2.24) is 10.2 Å². The van der Waals surface area contributed by atoms with E-state index in [1.165, 1.54) is 0 Å². The first kappa shape index (κ1) is 25.1. The Hall–Kier alpha value is -3.57. The second kappa shape index (κ2) is 13.2. The van der Waals surface area contributed by atoms with Crippen LogP contribution >= 0.6 is 0 Å². The molecule has 0 saturated heterocycles. The molecule has 0 fully saturated rings. The fourth-order valence-corrected chi connectivity index (χ4v) is 3.68. The van der Waals surface area contributed by atoms with Gasteiger partial charge < -0.3 is 20.3 Å². The van der Waals surface area contributed by atoms with Crippen molar-refractivity contribution >= 4 is 29.4 Å². The van der Waals surface area contributed by atoms with E-state index in [9.17, 15) is 4.79 Å². The van der Waals surface area contributed by atoms with Crippen LogP contribution in [-0.4, -0.2) is 44.1 Å². The first-order chi connectivity index (χ1) is 16.6. The summed E-state index contributed by atoms with van der Waals surface area (Å²) in [5.41, 5.74) is 4.70. The van der Waals surface area contributed by atoms with Crippen molar-refractivity contribution in [3.05, 3.63) is 89.5 Å². The van der Waals surface area contributed by atoms with Crippen LogP contribution in [0.2, 0.25) is 0 Å². The van der Waals surface area contributed by atoms with E-state index in [0.717, 1.165) is 54.3 Å².